The van der Waals surface area contributed by atoms with E-state index in [1.54, 1.807) is 0 Å². The fourth-order valence-electron chi connectivity index (χ4n) is 0. The van der Waals surface area contributed by atoms with Crippen molar-refractivity contribution in [3.8, 4) is 0 Å². The van der Waals surface area contributed by atoms with Crippen LogP contribution in [0.4, 0.5) is 0 Å². The fourth-order valence-corrected chi connectivity index (χ4v) is 0. The Balaban J connectivity index is -0.000000000139. The molecule has 0 unspecified atom stereocenters. The molecule has 0 amide bonds. The van der Waals surface area contributed by atoms with Gasteiger partial charge in [0.25, 0.3) is 0 Å². The average molecular weight is 272 g/mol. The number of aliphatic hydroxyl groups excluding tert-OH is 1. The minimum absolute atomic E-state index is 0. The van der Waals surface area contributed by atoms with Crippen LogP contribution in [0.5, 0.6) is 0 Å². The molecule has 0 aliphatic carbocycles. The van der Waals surface area contributed by atoms with E-state index in [9.17, 15) is 0 Å². The third-order valence-electron chi connectivity index (χ3n) is 0. The first-order valence-electron chi connectivity index (χ1n) is 0.447. The molecular formula is CH18Cl2NiO7. The molecule has 0 rings (SSSR count). The molecule has 0 spiro atoms. The zero-order valence-corrected chi connectivity index (χ0v) is 8.20. The van der Waals surface area contributed by atoms with Crippen LogP contribution in [0.15, 0.2) is 0 Å². The molecule has 0 aliphatic rings. The Morgan fingerprint density at radius 3 is 0.545 bits per heavy atom. The van der Waals surface area contributed by atoms with E-state index in [2.05, 4.69) is 0 Å². The van der Waals surface area contributed by atoms with Crippen LogP contribution in [0.3, 0.4) is 0 Å². The van der Waals surface area contributed by atoms with Crippen LogP contribution >= 0.6 is 24.8 Å². The third-order valence-corrected chi connectivity index (χ3v) is 0. The van der Waals surface area contributed by atoms with Gasteiger partial charge in [-0.15, -0.1) is 24.8 Å². The van der Waals surface area contributed by atoms with Crippen LogP contribution < -0.4 is 0 Å². The largest absolute Gasteiger partial charge is 0.412 e. The van der Waals surface area contributed by atoms with Crippen molar-refractivity contribution in [1.82, 2.24) is 0 Å². The minimum atomic E-state index is 0. The van der Waals surface area contributed by atoms with E-state index < -0.39 is 0 Å². The van der Waals surface area contributed by atoms with Gasteiger partial charge in [0, 0.05) is 23.6 Å². The van der Waals surface area contributed by atoms with Crippen LogP contribution in [0.25, 0.3) is 0 Å². The maximum Gasteiger partial charge on any atom is 0.0319 e. The molecule has 0 aliphatic heterocycles. The molecule has 11 heavy (non-hydrogen) atoms. The molecule has 0 aromatic heterocycles. The van der Waals surface area contributed by atoms with Crippen LogP contribution in [-0.2, 0) is 16.5 Å². The molecule has 10 heteroatoms. The second-order valence-corrected chi connectivity index (χ2v) is 0. The summed E-state index contributed by atoms with van der Waals surface area (Å²) in [6, 6.07) is 0. The summed E-state index contributed by atoms with van der Waals surface area (Å²) in [4.78, 5) is 0. The molecule has 0 saturated heterocycles. The van der Waals surface area contributed by atoms with Crippen LogP contribution in [0, 0.1) is 0 Å². The van der Waals surface area contributed by atoms with Gasteiger partial charge in [0.1, 0.15) is 0 Å². The predicted molar refractivity (Wildman–Crippen MR) is 44.3 cm³/mol. The Labute approximate surface area is 86.8 Å². The molecule has 0 radical (unpaired) electrons. The van der Waals surface area contributed by atoms with Gasteiger partial charge in [-0.25, -0.2) is 0 Å². The monoisotopic (exact) mass is 270 g/mol. The smallest absolute Gasteiger partial charge is 0.0319 e. The maximum atomic E-state index is 7.00. The average Bonchev–Trinajstić information content (AvgIpc) is 1.00. The molecular weight excluding hydrogens is 254 g/mol. The molecule has 7 nitrogen and oxygen atoms in total. The summed E-state index contributed by atoms with van der Waals surface area (Å²) >= 11 is 0. The number of hydrogen-bond donors (Lipinski definition) is 1. The Kier molecular flexibility index (Phi) is 63800. The first kappa shape index (κ1) is 427. The van der Waals surface area contributed by atoms with Gasteiger partial charge in [-0.3, -0.25) is 0 Å². The number of aliphatic hydroxyl groups is 1. The van der Waals surface area contributed by atoms with Crippen molar-refractivity contribution in [2.45, 2.75) is 0 Å². The predicted octanol–water partition coefficient (Wildman–Crippen LogP) is -4.50. The third kappa shape index (κ3) is 1330. The van der Waals surface area contributed by atoms with E-state index in [1.807, 2.05) is 0 Å². The van der Waals surface area contributed by atoms with Gasteiger partial charge < -0.3 is 38.0 Å². The molecule has 0 aromatic rings. The van der Waals surface area contributed by atoms with Crippen molar-refractivity contribution in [1.29, 1.82) is 0 Å². The second-order valence-electron chi connectivity index (χ2n) is 0. The van der Waals surface area contributed by atoms with Crippen molar-refractivity contribution in [2.24, 2.45) is 0 Å². The Morgan fingerprint density at radius 2 is 0.545 bits per heavy atom. The van der Waals surface area contributed by atoms with E-state index in [0.29, 0.717) is 0 Å². The minimum Gasteiger partial charge on any atom is -0.412 e. The Morgan fingerprint density at radius 1 is 0.545 bits per heavy atom. The summed E-state index contributed by atoms with van der Waals surface area (Å²) < 4.78 is 0. The van der Waals surface area contributed by atoms with Crippen molar-refractivity contribution in [3.63, 3.8) is 0 Å². The molecule has 0 fully saturated rings. The summed E-state index contributed by atoms with van der Waals surface area (Å²) in [7, 11) is 1.00. The van der Waals surface area contributed by atoms with E-state index in [4.69, 9.17) is 5.11 Å². The van der Waals surface area contributed by atoms with Gasteiger partial charge in [-0.1, -0.05) is 0 Å². The van der Waals surface area contributed by atoms with Gasteiger partial charge in [0.2, 0.25) is 0 Å². The van der Waals surface area contributed by atoms with E-state index >= 15 is 0 Å². The molecule has 13 N–H and O–H groups in total. The SMILES string of the molecule is CO.Cl.Cl.O.O.O.O.O.O.[Ni]. The summed E-state index contributed by atoms with van der Waals surface area (Å²) in [6.45, 7) is 0. The number of rotatable bonds is 0. The molecule has 88 valence electrons. The molecule has 0 atom stereocenters. The summed E-state index contributed by atoms with van der Waals surface area (Å²) in [6.07, 6.45) is 0. The zero-order valence-electron chi connectivity index (χ0n) is 5.58. The van der Waals surface area contributed by atoms with Gasteiger partial charge >= 0.3 is 0 Å². The second kappa shape index (κ2) is 1640. The van der Waals surface area contributed by atoms with E-state index in [0.717, 1.165) is 7.11 Å². The van der Waals surface area contributed by atoms with E-state index in [-0.39, 0.29) is 74.2 Å². The molecule has 0 heterocycles. The normalized spacial score (nSPS) is 0.545. The van der Waals surface area contributed by atoms with Gasteiger partial charge in [-0.05, 0) is 0 Å². The standard InChI is InChI=1S/CH4O.2ClH.Ni.6H2O/c1-2;;;;;;;;;/h2H,1H3;2*1H;;6*1H2. The van der Waals surface area contributed by atoms with Crippen LogP contribution in [-0.4, -0.2) is 45.1 Å². The van der Waals surface area contributed by atoms with Gasteiger partial charge in [-0.2, -0.15) is 0 Å². The summed E-state index contributed by atoms with van der Waals surface area (Å²) in [5, 5.41) is 7.00. The summed E-state index contributed by atoms with van der Waals surface area (Å²) in [5.74, 6) is 0. The molecule has 0 aromatic carbocycles. The first-order valence-corrected chi connectivity index (χ1v) is 0.447. The topological polar surface area (TPSA) is 209 Å². The van der Waals surface area contributed by atoms with Crippen molar-refractivity contribution >= 4 is 24.8 Å². The first-order chi connectivity index (χ1) is 1.00. The van der Waals surface area contributed by atoms with Crippen LogP contribution in [0.2, 0.25) is 0 Å². The number of hydrogen-bond acceptors (Lipinski definition) is 1. The number of halogens is 2. The fraction of sp³-hybridized carbons (Fsp3) is 1.00. The molecule has 0 bridgehead atoms. The maximum absolute atomic E-state index is 7.00. The Bertz CT molecular complexity index is 16.4. The van der Waals surface area contributed by atoms with Crippen molar-refractivity contribution < 1.29 is 54.5 Å². The summed E-state index contributed by atoms with van der Waals surface area (Å²) in [5.41, 5.74) is 0. The van der Waals surface area contributed by atoms with E-state index in [1.165, 1.54) is 0 Å². The Hall–Kier alpha value is 0.794. The van der Waals surface area contributed by atoms with Crippen LogP contribution in [0.1, 0.15) is 0 Å². The quantitative estimate of drug-likeness (QED) is 0.424. The van der Waals surface area contributed by atoms with Gasteiger partial charge in [0.15, 0.2) is 0 Å². The van der Waals surface area contributed by atoms with Crippen molar-refractivity contribution in [2.75, 3.05) is 7.11 Å². The zero-order chi connectivity index (χ0) is 2.00. The van der Waals surface area contributed by atoms with Crippen molar-refractivity contribution in [3.05, 3.63) is 0 Å². The molecule has 0 saturated carbocycles. The van der Waals surface area contributed by atoms with Gasteiger partial charge in [0.05, 0.1) is 0 Å².